The lowest BCUT2D eigenvalue weighted by atomic mass is 10.1. The fourth-order valence-electron chi connectivity index (χ4n) is 10.9. The Kier molecular flexibility index (Phi) is 25.5. The van der Waals surface area contributed by atoms with Gasteiger partial charge in [-0.1, -0.05) is 102 Å². The summed E-state index contributed by atoms with van der Waals surface area (Å²) in [6.45, 7) is 2.56. The number of nitrogens with two attached hydrogens (primary N) is 5. The number of aromatic amines is 1. The maximum Gasteiger partial charge on any atom is 0.358 e. The van der Waals surface area contributed by atoms with E-state index in [1.165, 1.54) is 82.3 Å². The number of thiazole rings is 1. The Morgan fingerprint density at radius 2 is 0.912 bits per heavy atom. The summed E-state index contributed by atoms with van der Waals surface area (Å²) < 4.78 is 124. The summed E-state index contributed by atoms with van der Waals surface area (Å²) in [5.41, 5.74) is 27.0. The van der Waals surface area contributed by atoms with Crippen molar-refractivity contribution in [2.75, 3.05) is 50.0 Å². The number of nitrogens with zero attached hydrogens (tertiary/aromatic N) is 7. The minimum absolute atomic E-state index is 0. The van der Waals surface area contributed by atoms with E-state index in [1.807, 2.05) is 17.5 Å². The predicted molar refractivity (Wildman–Crippen MR) is 422 cm³/mol. The van der Waals surface area contributed by atoms with Crippen molar-refractivity contribution in [1.82, 2.24) is 39.5 Å². The van der Waals surface area contributed by atoms with E-state index in [0.29, 0.717) is 38.6 Å². The molecule has 10 aromatic heterocycles. The number of furan rings is 1. The van der Waals surface area contributed by atoms with Crippen LogP contribution in [0.5, 0.6) is 0 Å². The molecule has 0 aliphatic rings. The number of carboxylic acids is 1. The Morgan fingerprint density at radius 3 is 1.43 bits per heavy atom. The molecule has 0 saturated carbocycles. The number of halogens is 12. The van der Waals surface area contributed by atoms with Gasteiger partial charge >= 0.3 is 17.9 Å². The van der Waals surface area contributed by atoms with Crippen molar-refractivity contribution in [3.63, 3.8) is 0 Å². The topological polar surface area (TPSA) is 394 Å². The number of hydrogen-bond donors (Lipinski definition) is 6. The third kappa shape index (κ3) is 16.3. The molecular weight excluding hydrogens is 1650 g/mol. The van der Waals surface area contributed by atoms with Crippen molar-refractivity contribution < 1.29 is 83.2 Å². The van der Waals surface area contributed by atoms with Gasteiger partial charge in [0.2, 0.25) is 5.91 Å². The summed E-state index contributed by atoms with van der Waals surface area (Å²) in [4.78, 5) is 95.6. The van der Waals surface area contributed by atoms with Crippen LogP contribution in [-0.2, 0) is 14.2 Å². The number of benzene rings is 5. The van der Waals surface area contributed by atoms with Crippen molar-refractivity contribution >= 4 is 198 Å². The van der Waals surface area contributed by atoms with E-state index in [4.69, 9.17) is 91.1 Å². The van der Waals surface area contributed by atoms with E-state index in [9.17, 15) is 60.2 Å². The quantitative estimate of drug-likeness (QED) is 0.0320. The second kappa shape index (κ2) is 34.6. The number of ether oxygens (including phenoxy) is 3. The number of methoxy groups -OCH3 is 3. The van der Waals surface area contributed by atoms with Gasteiger partial charge in [-0.05, 0) is 77.5 Å². The van der Waals surface area contributed by atoms with Crippen LogP contribution < -0.4 is 33.8 Å². The molecule has 10 heterocycles. The first-order valence-electron chi connectivity index (χ1n) is 31.8. The number of fused-ring (bicyclic) bond motifs is 5. The molecule has 0 radical (unpaired) electrons. The SMILES string of the molecule is C.CC(=O)c1nc(-c2ccc3ccoc3c2)c(F)c(N)c1Cl.COC(=O)c1nc(-c2ccc3ccn(C(C)=O)c3c2F)c(F)c(N)c1Cl.COC(=O)c1nc(-c2ccc3sccc3c2)c(F)c(N)c1Cl.COC(=O)c1nc(-c2ccc3scnc3c2)c(F)c(N)c1Cl.Nc1c(F)c(-c2ccc3cc[nH]c3c2F)nc(C(=O)[O-])c1Cl. The Labute approximate surface area is 670 Å². The number of thiophene rings is 1. The molecule has 0 saturated heterocycles. The fourth-order valence-corrected chi connectivity index (χ4v) is 13.4. The molecule has 0 atom stereocenters. The van der Waals surface area contributed by atoms with Crippen LogP contribution in [0.25, 0.3) is 109 Å². The second-order valence-corrected chi connectivity index (χ2v) is 27.1. The number of carbonyl (C=O) groups is 6. The van der Waals surface area contributed by atoms with Gasteiger partial charge in [-0.15, -0.1) is 22.7 Å². The number of rotatable bonds is 10. The third-order valence-electron chi connectivity index (χ3n) is 16.6. The normalized spacial score (nSPS) is 10.9. The molecule has 0 bridgehead atoms. The zero-order chi connectivity index (χ0) is 82.0. The van der Waals surface area contributed by atoms with Crippen LogP contribution in [-0.4, -0.2) is 96.4 Å². The van der Waals surface area contributed by atoms with Crippen LogP contribution >= 0.6 is 80.7 Å². The average Bonchev–Trinajstić information content (AvgIpc) is 1.15. The van der Waals surface area contributed by atoms with Crippen LogP contribution in [0.2, 0.25) is 25.1 Å². The zero-order valence-electron chi connectivity index (χ0n) is 58.1. The lowest BCUT2D eigenvalue weighted by Gasteiger charge is -2.12. The molecule has 24 nitrogen and oxygen atoms in total. The average molecular weight is 1700 g/mol. The molecule has 0 fully saturated rings. The minimum Gasteiger partial charge on any atom is -0.543 e. The Bertz CT molecular complexity index is 6300. The van der Waals surface area contributed by atoms with E-state index < -0.39 is 115 Å². The van der Waals surface area contributed by atoms with Crippen LogP contribution in [0, 0.1) is 40.7 Å². The third-order valence-corrected chi connectivity index (χ3v) is 20.2. The summed E-state index contributed by atoms with van der Waals surface area (Å²) in [5, 5.41) is 14.1. The number of Topliss-reactive ketones (excluding diaryl/α,β-unsaturated/α-hetero) is 1. The van der Waals surface area contributed by atoms with Gasteiger partial charge in [0, 0.05) is 74.9 Å². The highest BCUT2D eigenvalue weighted by molar-refractivity contribution is 7.17. The van der Waals surface area contributed by atoms with E-state index in [-0.39, 0.29) is 102 Å². The highest BCUT2D eigenvalue weighted by Crippen LogP contribution is 2.41. The highest BCUT2D eigenvalue weighted by Gasteiger charge is 2.30. The Morgan fingerprint density at radius 1 is 0.474 bits per heavy atom. The van der Waals surface area contributed by atoms with Gasteiger partial charge in [0.25, 0.3) is 0 Å². The molecule has 15 rings (SSSR count). The monoisotopic (exact) mass is 1690 g/mol. The number of pyridine rings is 5. The summed E-state index contributed by atoms with van der Waals surface area (Å²) >= 11 is 32.1. The second-order valence-electron chi connectivity index (χ2n) is 23.4. The van der Waals surface area contributed by atoms with Crippen LogP contribution in [0.4, 0.5) is 59.2 Å². The van der Waals surface area contributed by atoms with Gasteiger partial charge < -0.3 is 62.2 Å². The summed E-state index contributed by atoms with van der Waals surface area (Å²) in [6.07, 6.45) is 4.46. The molecule has 0 aliphatic heterocycles. The van der Waals surface area contributed by atoms with Crippen molar-refractivity contribution in [1.29, 1.82) is 0 Å². The van der Waals surface area contributed by atoms with Crippen molar-refractivity contribution in [3.8, 4) is 56.3 Å². The number of carbonyl (C=O) groups excluding carboxylic acids is 6. The number of H-pyrrole nitrogens is 1. The van der Waals surface area contributed by atoms with Gasteiger partial charge in [0.05, 0.1) is 114 Å². The Balaban J connectivity index is 0.000000151. The van der Waals surface area contributed by atoms with E-state index in [2.05, 4.69) is 49.1 Å². The molecule has 0 amide bonds. The first kappa shape index (κ1) is 84.0. The molecule has 15 aromatic rings. The molecular formula is C76H52Cl5F7N13O11S2-. The minimum atomic E-state index is -1.74. The lowest BCUT2D eigenvalue weighted by molar-refractivity contribution is -0.255. The standard InChI is InChI=1S/C17H12ClF2N3O3.C15H10ClFN2O2S.C15H10ClFN2O2.C14H8ClF2N3O2.C14H9ClFN3O2S.CH4/c1-7(24)23-6-5-8-3-4-9(11(19)16(8)23)14-12(20)13(21)10(18)15(22-14)17(25)26-2;1-21-15(20)14-10(16)12(18)11(17)13(19-14)8-2-3-9-7(6-8)4-5-22-9;1-7(20)14-11(16)13(18)12(17)15(19-14)9-3-2-8-4-5-21-10(8)6-9;15-7-10(18)9(17)12(20-13(7)14(21)22)6-2-1-5-3-4-19-11(5)8(6)16;1-21-14(20)13-9(15)11(17)10(16)12(19-13)6-2-3-8-7(4-6)18-5-22-8;/h3-6H,1-2H3,(H2,21,22);2-6H,1H3,(H2,18,19);2-6H,1H3,(H2,18,19);1-4,19H,(H2,18,20)(H,21,22);2-5H,1H3,(H2,17,19);1H4/p-1. The van der Waals surface area contributed by atoms with Gasteiger partial charge in [-0.25, -0.2) is 75.0 Å². The van der Waals surface area contributed by atoms with Crippen LogP contribution in [0.3, 0.4) is 0 Å². The van der Waals surface area contributed by atoms with Crippen LogP contribution in [0.1, 0.15) is 78.5 Å². The van der Waals surface area contributed by atoms with E-state index in [1.54, 1.807) is 83.6 Å². The first-order valence-corrected chi connectivity index (χ1v) is 35.4. The number of ketones is 1. The maximum atomic E-state index is 15.1. The van der Waals surface area contributed by atoms with Crippen molar-refractivity contribution in [2.45, 2.75) is 21.3 Å². The van der Waals surface area contributed by atoms with Crippen molar-refractivity contribution in [3.05, 3.63) is 227 Å². The summed E-state index contributed by atoms with van der Waals surface area (Å²) in [6, 6.07) is 28.1. The van der Waals surface area contributed by atoms with Gasteiger partial charge in [0.15, 0.2) is 63.6 Å². The number of anilines is 5. The van der Waals surface area contributed by atoms with Gasteiger partial charge in [-0.3, -0.25) is 14.2 Å². The van der Waals surface area contributed by atoms with Crippen LogP contribution in [0.15, 0.2) is 137 Å². The smallest absolute Gasteiger partial charge is 0.358 e. The van der Waals surface area contributed by atoms with Crippen molar-refractivity contribution in [2.24, 2.45) is 0 Å². The van der Waals surface area contributed by atoms with E-state index in [0.717, 1.165) is 31.8 Å². The number of carboxylic acid groups (broad SMARTS) is 1. The number of esters is 3. The number of nitrogen functional groups attached to an aromatic ring is 5. The molecule has 0 unspecified atom stereocenters. The lowest BCUT2D eigenvalue weighted by Crippen LogP contribution is -2.25. The molecule has 38 heteroatoms. The molecule has 0 aliphatic carbocycles. The number of aromatic carboxylic acids is 1. The van der Waals surface area contributed by atoms with Gasteiger partial charge in [-0.2, -0.15) is 0 Å². The Hall–Kier alpha value is -12.5. The molecule has 5 aromatic carbocycles. The molecule has 114 heavy (non-hydrogen) atoms. The number of aromatic nitrogens is 8. The fraction of sp³-hybridized carbons (Fsp3) is 0.0789. The first-order chi connectivity index (χ1) is 53.7. The largest absolute Gasteiger partial charge is 0.543 e. The highest BCUT2D eigenvalue weighted by atomic mass is 35.5. The molecule has 11 N–H and O–H groups in total. The molecule has 584 valence electrons. The number of nitrogens with one attached hydrogen (secondary N) is 1. The summed E-state index contributed by atoms with van der Waals surface area (Å²) in [7, 11) is 3.46. The van der Waals surface area contributed by atoms with Gasteiger partial charge in [0.1, 0.15) is 45.4 Å². The molecule has 0 spiro atoms. The predicted octanol–water partition coefficient (Wildman–Crippen LogP) is 18.1. The zero-order valence-corrected chi connectivity index (χ0v) is 63.5. The number of hydrogen-bond acceptors (Lipinski definition) is 24. The maximum absolute atomic E-state index is 15.1. The summed E-state index contributed by atoms with van der Waals surface area (Å²) in [5.74, 6) is -11.2. The van der Waals surface area contributed by atoms with E-state index >= 15 is 4.39 Å².